The van der Waals surface area contributed by atoms with Crippen LogP contribution >= 0.6 is 0 Å². The molecule has 0 radical (unpaired) electrons. The lowest BCUT2D eigenvalue weighted by molar-refractivity contribution is -0.303. The van der Waals surface area contributed by atoms with Crippen molar-refractivity contribution in [3.63, 3.8) is 0 Å². The second-order valence-corrected chi connectivity index (χ2v) is 22.0. The molecule has 1 heterocycles. The molecule has 7 N–H and O–H groups in total. The van der Waals surface area contributed by atoms with Gasteiger partial charge in [0.1, 0.15) is 30.5 Å². The summed E-state index contributed by atoms with van der Waals surface area (Å²) in [6, 6.07) is -0.986. The Bertz CT molecular complexity index is 1080. The zero-order chi connectivity index (χ0) is 51.0. The van der Waals surface area contributed by atoms with Crippen molar-refractivity contribution in [2.45, 2.75) is 365 Å². The summed E-state index contributed by atoms with van der Waals surface area (Å²) >= 11 is 0. The maximum atomic E-state index is 13.1. The first kappa shape index (κ1) is 67.2. The van der Waals surface area contributed by atoms with Crippen LogP contribution in [0.15, 0.2) is 0 Å². The molecule has 0 aromatic carbocycles. The van der Waals surface area contributed by atoms with Crippen molar-refractivity contribution in [3.05, 3.63) is 0 Å². The van der Waals surface area contributed by atoms with Crippen molar-refractivity contribution in [2.24, 2.45) is 0 Å². The van der Waals surface area contributed by atoms with Crippen LogP contribution in [0.25, 0.3) is 0 Å². The Labute approximate surface area is 432 Å². The van der Waals surface area contributed by atoms with E-state index >= 15 is 0 Å². The Balaban J connectivity index is 2.17. The van der Waals surface area contributed by atoms with Gasteiger partial charge in [0, 0.05) is 6.42 Å². The minimum Gasteiger partial charge on any atom is -0.394 e. The van der Waals surface area contributed by atoms with Gasteiger partial charge in [-0.2, -0.15) is 0 Å². The molecule has 418 valence electrons. The van der Waals surface area contributed by atoms with Gasteiger partial charge in [0.15, 0.2) is 6.29 Å². The number of carbonyl (C=O) groups excluding carboxylic acids is 1. The first-order valence-corrected chi connectivity index (χ1v) is 30.8. The number of hydrogen-bond donors (Lipinski definition) is 7. The molecule has 0 spiro atoms. The Kier molecular flexibility index (Phi) is 48.3. The molecule has 1 fully saturated rings. The van der Waals surface area contributed by atoms with Crippen LogP contribution in [0.5, 0.6) is 0 Å². The molecule has 10 heteroatoms. The molecule has 1 saturated heterocycles. The number of amides is 1. The Hall–Kier alpha value is -0.850. The van der Waals surface area contributed by atoms with E-state index in [9.17, 15) is 35.4 Å². The van der Waals surface area contributed by atoms with E-state index in [4.69, 9.17) is 9.47 Å². The number of carbonyl (C=O) groups is 1. The molecular formula is C60H119NO9. The summed E-state index contributed by atoms with van der Waals surface area (Å²) in [6.45, 7) is 3.66. The number of aliphatic hydroxyl groups excluding tert-OH is 6. The first-order chi connectivity index (χ1) is 34.3. The highest BCUT2D eigenvalue weighted by molar-refractivity contribution is 5.76. The monoisotopic (exact) mass is 998 g/mol. The fraction of sp³-hybridized carbons (Fsp3) is 0.983. The highest BCUT2D eigenvalue weighted by Crippen LogP contribution is 2.24. The van der Waals surface area contributed by atoms with E-state index in [2.05, 4.69) is 19.2 Å². The number of aliphatic hydroxyl groups is 6. The van der Waals surface area contributed by atoms with Gasteiger partial charge in [-0.25, -0.2) is 0 Å². The Morgan fingerprint density at radius 3 is 1.06 bits per heavy atom. The van der Waals surface area contributed by atoms with Crippen molar-refractivity contribution in [1.29, 1.82) is 0 Å². The highest BCUT2D eigenvalue weighted by Gasteiger charge is 2.44. The average Bonchev–Trinajstić information content (AvgIpc) is 3.36. The zero-order valence-electron chi connectivity index (χ0n) is 46.2. The summed E-state index contributed by atoms with van der Waals surface area (Å²) in [5.74, 6) is -0.249. The molecule has 8 atom stereocenters. The molecule has 1 rings (SSSR count). The quantitative estimate of drug-likeness (QED) is 0.0293. The minimum atomic E-state index is -1.60. The van der Waals surface area contributed by atoms with E-state index in [1.165, 1.54) is 250 Å². The predicted octanol–water partition coefficient (Wildman–Crippen LogP) is 14.4. The third-order valence-electron chi connectivity index (χ3n) is 15.3. The van der Waals surface area contributed by atoms with Crippen molar-refractivity contribution in [2.75, 3.05) is 13.2 Å². The molecule has 0 aromatic heterocycles. The largest absolute Gasteiger partial charge is 0.394 e. The van der Waals surface area contributed by atoms with Crippen molar-refractivity contribution in [1.82, 2.24) is 5.32 Å². The summed E-state index contributed by atoms with van der Waals surface area (Å²) < 4.78 is 11.2. The van der Waals surface area contributed by atoms with Crippen molar-refractivity contribution < 1.29 is 44.9 Å². The van der Waals surface area contributed by atoms with E-state index in [1.54, 1.807) is 0 Å². The lowest BCUT2D eigenvalue weighted by Gasteiger charge is -2.40. The molecule has 0 bridgehead atoms. The molecule has 2 unspecified atom stereocenters. The third-order valence-corrected chi connectivity index (χ3v) is 15.3. The Morgan fingerprint density at radius 1 is 0.443 bits per heavy atom. The molecule has 1 aliphatic heterocycles. The minimum absolute atomic E-state index is 0.249. The maximum Gasteiger partial charge on any atom is 0.220 e. The van der Waals surface area contributed by atoms with Crippen LogP contribution in [-0.2, 0) is 14.3 Å². The molecule has 0 aliphatic carbocycles. The van der Waals surface area contributed by atoms with E-state index in [0.29, 0.717) is 6.42 Å². The molecule has 1 amide bonds. The van der Waals surface area contributed by atoms with E-state index < -0.39 is 55.6 Å². The molecule has 0 aromatic rings. The summed E-state index contributed by atoms with van der Waals surface area (Å²) in [6.07, 6.45) is 49.9. The smallest absolute Gasteiger partial charge is 0.220 e. The normalized spacial score (nSPS) is 19.7. The third kappa shape index (κ3) is 38.7. The predicted molar refractivity (Wildman–Crippen MR) is 292 cm³/mol. The molecule has 70 heavy (non-hydrogen) atoms. The zero-order valence-corrected chi connectivity index (χ0v) is 46.2. The number of nitrogens with one attached hydrogen (secondary N) is 1. The fourth-order valence-corrected chi connectivity index (χ4v) is 10.4. The molecule has 1 aliphatic rings. The summed E-state index contributed by atoms with van der Waals surface area (Å²) in [5.41, 5.74) is 0. The lowest BCUT2D eigenvalue weighted by Crippen LogP contribution is -2.60. The van der Waals surface area contributed by atoms with Gasteiger partial charge in [-0.15, -0.1) is 0 Å². The van der Waals surface area contributed by atoms with Gasteiger partial charge in [0.2, 0.25) is 5.91 Å². The number of ether oxygens (including phenoxy) is 2. The van der Waals surface area contributed by atoms with Gasteiger partial charge in [-0.1, -0.05) is 296 Å². The maximum absolute atomic E-state index is 13.1. The fourth-order valence-electron chi connectivity index (χ4n) is 10.4. The van der Waals surface area contributed by atoms with Crippen LogP contribution in [0.3, 0.4) is 0 Å². The van der Waals surface area contributed by atoms with E-state index in [0.717, 1.165) is 38.5 Å². The van der Waals surface area contributed by atoms with Crippen LogP contribution in [0.1, 0.15) is 316 Å². The number of hydrogen-bond acceptors (Lipinski definition) is 9. The summed E-state index contributed by atoms with van der Waals surface area (Å²) in [7, 11) is 0. The molecular weight excluding hydrogens is 879 g/mol. The van der Waals surface area contributed by atoms with Crippen LogP contribution in [0.4, 0.5) is 0 Å². The van der Waals surface area contributed by atoms with Crippen LogP contribution < -0.4 is 5.32 Å². The summed E-state index contributed by atoms with van der Waals surface area (Å²) in [4.78, 5) is 13.1. The van der Waals surface area contributed by atoms with E-state index in [1.807, 2.05) is 0 Å². The Morgan fingerprint density at radius 2 is 0.743 bits per heavy atom. The second-order valence-electron chi connectivity index (χ2n) is 22.0. The van der Waals surface area contributed by atoms with Gasteiger partial charge in [0.05, 0.1) is 25.4 Å². The topological polar surface area (TPSA) is 169 Å². The van der Waals surface area contributed by atoms with Gasteiger partial charge in [-0.05, 0) is 12.8 Å². The summed E-state index contributed by atoms with van der Waals surface area (Å²) in [5, 5.41) is 65.6. The van der Waals surface area contributed by atoms with Gasteiger partial charge in [-0.3, -0.25) is 4.79 Å². The van der Waals surface area contributed by atoms with Crippen molar-refractivity contribution >= 4 is 5.91 Å². The number of unbranched alkanes of at least 4 members (excludes halogenated alkanes) is 43. The highest BCUT2D eigenvalue weighted by atomic mass is 16.7. The standard InChI is InChI=1S/C60H119NO9/c1-3-5-7-9-11-13-15-17-19-21-22-23-24-25-26-27-28-29-30-31-32-33-35-37-39-41-43-45-47-49-55(64)61-52(51-69-60-59(68)58(67)57(66)54(50-62)70-60)56(65)53(63)48-46-44-42-40-38-36-34-20-18-16-14-12-10-8-6-4-2/h52-54,56-60,62-63,65-68H,3-51H2,1-2H3,(H,61,64)/t52-,53+,54+,56-,57+,58?,59?,60+/m0/s1. The van der Waals surface area contributed by atoms with E-state index in [-0.39, 0.29) is 18.9 Å². The lowest BCUT2D eigenvalue weighted by atomic mass is 9.98. The van der Waals surface area contributed by atoms with Crippen LogP contribution in [0.2, 0.25) is 0 Å². The van der Waals surface area contributed by atoms with Gasteiger partial charge in [0.25, 0.3) is 0 Å². The second kappa shape index (κ2) is 50.3. The molecule has 10 nitrogen and oxygen atoms in total. The first-order valence-electron chi connectivity index (χ1n) is 30.8. The van der Waals surface area contributed by atoms with Crippen LogP contribution in [-0.4, -0.2) is 98.7 Å². The van der Waals surface area contributed by atoms with Gasteiger partial charge >= 0.3 is 0 Å². The van der Waals surface area contributed by atoms with Gasteiger partial charge < -0.3 is 45.4 Å². The van der Waals surface area contributed by atoms with Crippen LogP contribution in [0, 0.1) is 0 Å². The van der Waals surface area contributed by atoms with Crippen molar-refractivity contribution in [3.8, 4) is 0 Å². The average molecular weight is 999 g/mol. The SMILES string of the molecule is CCCCCCCCCCCCCCCCCCCCCCCCCCCCCCCC(=O)N[C@@H](CO[C@@H]1O[C@H](CO)[C@@H](O)C(O)C1O)[C@H](O)[C@H](O)CCCCCCCCCCCCCCCCCC. The number of rotatable bonds is 54. The molecule has 0 saturated carbocycles.